The molecule has 1 aliphatic rings. The van der Waals surface area contributed by atoms with Gasteiger partial charge in [0.2, 0.25) is 11.8 Å². The van der Waals surface area contributed by atoms with E-state index >= 15 is 0 Å². The minimum atomic E-state index is -4.76. The van der Waals surface area contributed by atoms with Crippen molar-refractivity contribution in [2.45, 2.75) is 38.6 Å². The van der Waals surface area contributed by atoms with Gasteiger partial charge in [0.25, 0.3) is 0 Å². The van der Waals surface area contributed by atoms with Gasteiger partial charge in [-0.15, -0.1) is 13.2 Å². The number of carbonyl (C=O) groups is 2. The Bertz CT molecular complexity index is 1030. The fourth-order valence-electron chi connectivity index (χ4n) is 3.91. The van der Waals surface area contributed by atoms with Gasteiger partial charge in [-0.25, -0.2) is 0 Å². The summed E-state index contributed by atoms with van der Waals surface area (Å²) in [6, 6.07) is 11.9. The number of anilines is 1. The number of hydrogen-bond donors (Lipinski definition) is 2. The fourth-order valence-corrected chi connectivity index (χ4v) is 4.04. The van der Waals surface area contributed by atoms with Crippen molar-refractivity contribution >= 4 is 29.1 Å². The summed E-state index contributed by atoms with van der Waals surface area (Å²) in [6.45, 7) is 6.12. The van der Waals surface area contributed by atoms with Crippen molar-refractivity contribution in [2.75, 3.05) is 38.2 Å². The molecule has 1 heterocycles. The van der Waals surface area contributed by atoms with Crippen LogP contribution in [0.1, 0.15) is 31.7 Å². The Balaban J connectivity index is 1.67. The van der Waals surface area contributed by atoms with Gasteiger partial charge in [-0.2, -0.15) is 0 Å². The van der Waals surface area contributed by atoms with E-state index in [2.05, 4.69) is 15.4 Å². The predicted molar refractivity (Wildman–Crippen MR) is 135 cm³/mol. The van der Waals surface area contributed by atoms with E-state index < -0.39 is 12.3 Å². The number of hydrogen-bond acceptors (Lipinski definition) is 5. The Kier molecular flexibility index (Phi) is 10.0. The number of morpholine rings is 1. The van der Waals surface area contributed by atoms with Gasteiger partial charge < -0.3 is 25.0 Å². The van der Waals surface area contributed by atoms with Gasteiger partial charge in [-0.05, 0) is 47.9 Å². The van der Waals surface area contributed by atoms with Crippen LogP contribution in [0.15, 0.2) is 48.5 Å². The van der Waals surface area contributed by atoms with Gasteiger partial charge in [0, 0.05) is 42.8 Å². The Morgan fingerprint density at radius 1 is 1.05 bits per heavy atom. The molecule has 2 N–H and O–H groups in total. The second-order valence-corrected chi connectivity index (χ2v) is 9.55. The highest BCUT2D eigenvalue weighted by Gasteiger charge is 2.31. The first-order valence-electron chi connectivity index (χ1n) is 12.0. The Hall–Kier alpha value is -2.98. The number of halogens is 4. The largest absolute Gasteiger partial charge is 0.573 e. The highest BCUT2D eigenvalue weighted by atomic mass is 35.5. The molecule has 202 valence electrons. The lowest BCUT2D eigenvalue weighted by Crippen LogP contribution is -2.47. The van der Waals surface area contributed by atoms with E-state index in [9.17, 15) is 22.8 Å². The first-order valence-corrected chi connectivity index (χ1v) is 12.4. The summed E-state index contributed by atoms with van der Waals surface area (Å²) in [5.41, 5.74) is 1.25. The molecule has 2 amide bonds. The third kappa shape index (κ3) is 9.12. The summed E-state index contributed by atoms with van der Waals surface area (Å²) < 4.78 is 46.4. The Morgan fingerprint density at radius 2 is 1.68 bits per heavy atom. The van der Waals surface area contributed by atoms with Crippen molar-refractivity contribution < 1.29 is 32.2 Å². The monoisotopic (exact) mass is 541 g/mol. The molecule has 2 aromatic carbocycles. The molecule has 0 bridgehead atoms. The van der Waals surface area contributed by atoms with E-state index in [1.165, 1.54) is 24.3 Å². The molecule has 0 spiro atoms. The van der Waals surface area contributed by atoms with Crippen LogP contribution in [0.2, 0.25) is 5.02 Å². The topological polar surface area (TPSA) is 79.9 Å². The van der Waals surface area contributed by atoms with Gasteiger partial charge in [0.1, 0.15) is 5.75 Å². The standard InChI is InChI=1S/C26H31ClF3N3O4/c1-17(2)23(16-31-20-7-9-21(10-8-20)37-26(28,29)30)32-25(35)22(18-3-5-19(27)6-4-18)15-24(34)33-11-13-36-14-12-33/h3-10,17,22-23,31H,11-16H2,1-2H3,(H,32,35). The van der Waals surface area contributed by atoms with E-state index in [1.54, 1.807) is 29.2 Å². The number of benzene rings is 2. The predicted octanol–water partition coefficient (Wildman–Crippen LogP) is 4.82. The number of nitrogens with one attached hydrogen (secondary N) is 2. The molecule has 1 aliphatic heterocycles. The number of alkyl halides is 3. The molecule has 2 unspecified atom stereocenters. The van der Waals surface area contributed by atoms with Crippen molar-refractivity contribution in [3.8, 4) is 5.75 Å². The second kappa shape index (κ2) is 13.0. The summed E-state index contributed by atoms with van der Waals surface area (Å²) >= 11 is 6.03. The van der Waals surface area contributed by atoms with Gasteiger partial charge in [0.15, 0.2) is 0 Å². The quantitative estimate of drug-likeness (QED) is 0.451. The van der Waals surface area contributed by atoms with Gasteiger partial charge in [0.05, 0.1) is 19.1 Å². The summed E-state index contributed by atoms with van der Waals surface area (Å²) in [5, 5.41) is 6.72. The molecule has 3 rings (SSSR count). The zero-order valence-electron chi connectivity index (χ0n) is 20.7. The average molecular weight is 542 g/mol. The molecule has 0 radical (unpaired) electrons. The Labute approximate surface area is 219 Å². The SMILES string of the molecule is CC(C)C(CNc1ccc(OC(F)(F)F)cc1)NC(=O)C(CC(=O)N1CCOCC1)c1ccc(Cl)cc1. The molecule has 2 aromatic rings. The van der Waals surface area contributed by atoms with Crippen molar-refractivity contribution in [1.82, 2.24) is 10.2 Å². The third-order valence-electron chi connectivity index (χ3n) is 6.08. The van der Waals surface area contributed by atoms with Crippen LogP contribution in [-0.2, 0) is 14.3 Å². The molecule has 1 saturated heterocycles. The minimum Gasteiger partial charge on any atom is -0.406 e. The summed E-state index contributed by atoms with van der Waals surface area (Å²) in [4.78, 5) is 28.1. The van der Waals surface area contributed by atoms with Crippen LogP contribution in [0.5, 0.6) is 5.75 Å². The molecule has 0 saturated carbocycles. The maximum Gasteiger partial charge on any atom is 0.573 e. The van der Waals surface area contributed by atoms with Crippen LogP contribution >= 0.6 is 11.6 Å². The number of nitrogens with zero attached hydrogens (tertiary/aromatic N) is 1. The van der Waals surface area contributed by atoms with Gasteiger partial charge in [-0.3, -0.25) is 9.59 Å². The van der Waals surface area contributed by atoms with Crippen molar-refractivity contribution in [1.29, 1.82) is 0 Å². The minimum absolute atomic E-state index is 0.00633. The number of rotatable bonds is 10. The summed E-state index contributed by atoms with van der Waals surface area (Å²) in [7, 11) is 0. The zero-order valence-corrected chi connectivity index (χ0v) is 21.4. The number of amides is 2. The first-order chi connectivity index (χ1) is 17.5. The van der Waals surface area contributed by atoms with Gasteiger partial charge in [-0.1, -0.05) is 37.6 Å². The summed E-state index contributed by atoms with van der Waals surface area (Å²) in [5.74, 6) is -1.42. The number of carbonyl (C=O) groups excluding carboxylic acids is 2. The van der Waals surface area contributed by atoms with Crippen molar-refractivity contribution in [3.05, 3.63) is 59.1 Å². The maximum atomic E-state index is 13.5. The Morgan fingerprint density at radius 3 is 2.24 bits per heavy atom. The van der Waals surface area contributed by atoms with E-state index in [4.69, 9.17) is 16.3 Å². The normalized spacial score (nSPS) is 15.7. The molecule has 2 atom stereocenters. The molecule has 7 nitrogen and oxygen atoms in total. The van der Waals surface area contributed by atoms with Crippen LogP contribution in [0.4, 0.5) is 18.9 Å². The van der Waals surface area contributed by atoms with Crippen LogP contribution in [0.3, 0.4) is 0 Å². The zero-order chi connectivity index (χ0) is 27.0. The third-order valence-corrected chi connectivity index (χ3v) is 6.33. The summed E-state index contributed by atoms with van der Waals surface area (Å²) in [6.07, 6.45) is -4.75. The van der Waals surface area contributed by atoms with Crippen molar-refractivity contribution in [3.63, 3.8) is 0 Å². The lowest BCUT2D eigenvalue weighted by molar-refractivity contribution is -0.274. The van der Waals surface area contributed by atoms with E-state index in [0.717, 1.165) is 0 Å². The lowest BCUT2D eigenvalue weighted by Gasteiger charge is -2.30. The van der Waals surface area contributed by atoms with Crippen LogP contribution in [-0.4, -0.2) is 62.0 Å². The fraction of sp³-hybridized carbons (Fsp3) is 0.462. The van der Waals surface area contributed by atoms with Crippen LogP contribution in [0.25, 0.3) is 0 Å². The molecular formula is C26H31ClF3N3O4. The molecule has 1 fully saturated rings. The maximum absolute atomic E-state index is 13.5. The molecular weight excluding hydrogens is 511 g/mol. The smallest absolute Gasteiger partial charge is 0.406 e. The van der Waals surface area contributed by atoms with Gasteiger partial charge >= 0.3 is 6.36 Å². The van der Waals surface area contributed by atoms with Crippen LogP contribution in [0, 0.1) is 5.92 Å². The lowest BCUT2D eigenvalue weighted by atomic mass is 9.92. The molecule has 0 aromatic heterocycles. The van der Waals surface area contributed by atoms with E-state index in [-0.39, 0.29) is 35.9 Å². The average Bonchev–Trinajstić information content (AvgIpc) is 2.85. The highest BCUT2D eigenvalue weighted by molar-refractivity contribution is 6.30. The number of ether oxygens (including phenoxy) is 2. The molecule has 11 heteroatoms. The molecule has 37 heavy (non-hydrogen) atoms. The molecule has 0 aliphatic carbocycles. The van der Waals surface area contributed by atoms with Crippen molar-refractivity contribution in [2.24, 2.45) is 5.92 Å². The first kappa shape index (κ1) is 28.6. The van der Waals surface area contributed by atoms with Crippen LogP contribution < -0.4 is 15.4 Å². The second-order valence-electron chi connectivity index (χ2n) is 9.11. The van der Waals surface area contributed by atoms with E-state index in [1.807, 2.05) is 13.8 Å². The van der Waals surface area contributed by atoms with E-state index in [0.29, 0.717) is 49.1 Å². The highest BCUT2D eigenvalue weighted by Crippen LogP contribution is 2.26.